The number of thioether (sulfide) groups is 1. The van der Waals surface area contributed by atoms with Gasteiger partial charge in [-0.15, -0.1) is 23.1 Å². The van der Waals surface area contributed by atoms with Crippen LogP contribution in [0, 0.1) is 11.6 Å². The number of carboxylic acid groups (broad SMARTS) is 1. The number of hydrogen-bond acceptors (Lipinski definition) is 3. The lowest BCUT2D eigenvalue weighted by Gasteiger charge is -2.01. The van der Waals surface area contributed by atoms with Crippen molar-refractivity contribution in [3.05, 3.63) is 57.8 Å². The topological polar surface area (TPSA) is 37.3 Å². The molecule has 104 valence electrons. The van der Waals surface area contributed by atoms with E-state index in [9.17, 15) is 13.6 Å². The fourth-order valence-electron chi connectivity index (χ4n) is 1.47. The highest BCUT2D eigenvalue weighted by atomic mass is 32.2. The third-order valence-electron chi connectivity index (χ3n) is 2.36. The molecule has 1 aromatic heterocycles. The van der Waals surface area contributed by atoms with Crippen molar-refractivity contribution in [3.8, 4) is 0 Å². The van der Waals surface area contributed by atoms with E-state index in [0.717, 1.165) is 22.6 Å². The lowest BCUT2D eigenvalue weighted by Crippen LogP contribution is -1.85. The van der Waals surface area contributed by atoms with Gasteiger partial charge in [0.2, 0.25) is 0 Å². The Morgan fingerprint density at radius 1 is 1.35 bits per heavy atom. The van der Waals surface area contributed by atoms with Crippen LogP contribution in [0.1, 0.15) is 10.4 Å². The molecule has 2 aromatic rings. The summed E-state index contributed by atoms with van der Waals surface area (Å²) in [4.78, 5) is 11.8. The summed E-state index contributed by atoms with van der Waals surface area (Å²) in [5.74, 6) is -1.61. The summed E-state index contributed by atoms with van der Waals surface area (Å²) < 4.78 is 26.2. The maximum atomic E-state index is 13.4. The van der Waals surface area contributed by atoms with Gasteiger partial charge in [0, 0.05) is 27.7 Å². The van der Waals surface area contributed by atoms with Gasteiger partial charge in [-0.25, -0.2) is 13.6 Å². The van der Waals surface area contributed by atoms with E-state index < -0.39 is 17.6 Å². The third-order valence-corrected chi connectivity index (χ3v) is 4.59. The van der Waals surface area contributed by atoms with E-state index in [4.69, 9.17) is 5.11 Å². The molecule has 0 spiro atoms. The lowest BCUT2D eigenvalue weighted by molar-refractivity contribution is -0.131. The van der Waals surface area contributed by atoms with Gasteiger partial charge >= 0.3 is 5.97 Å². The minimum absolute atomic E-state index is 0.391. The van der Waals surface area contributed by atoms with Crippen LogP contribution >= 0.6 is 23.1 Å². The standard InChI is InChI=1S/C14H10F2O2S2/c15-10-2-3-13(12(16)6-10)20-8-11-5-9(7-19-11)1-4-14(17)18/h1-7H,8H2,(H,17,18). The van der Waals surface area contributed by atoms with Gasteiger partial charge in [-0.1, -0.05) is 0 Å². The number of carboxylic acids is 1. The Bertz CT molecular complexity index is 650. The average Bonchev–Trinajstić information content (AvgIpc) is 2.83. The Morgan fingerprint density at radius 2 is 2.15 bits per heavy atom. The SMILES string of the molecule is O=C(O)C=Cc1csc(CSc2ccc(F)cc2F)c1. The third kappa shape index (κ3) is 4.18. The van der Waals surface area contributed by atoms with Crippen molar-refractivity contribution in [1.29, 1.82) is 0 Å². The first-order valence-electron chi connectivity index (χ1n) is 5.61. The molecule has 2 nitrogen and oxygen atoms in total. The Balaban J connectivity index is 1.99. The zero-order valence-corrected chi connectivity index (χ0v) is 11.8. The Kier molecular flexibility index (Phi) is 4.92. The molecule has 20 heavy (non-hydrogen) atoms. The van der Waals surface area contributed by atoms with Crippen LogP contribution in [-0.2, 0) is 10.5 Å². The van der Waals surface area contributed by atoms with Crippen molar-refractivity contribution in [2.75, 3.05) is 0 Å². The van der Waals surface area contributed by atoms with Gasteiger partial charge in [0.25, 0.3) is 0 Å². The molecule has 0 amide bonds. The predicted molar refractivity (Wildman–Crippen MR) is 76.9 cm³/mol. The van der Waals surface area contributed by atoms with Crippen molar-refractivity contribution < 1.29 is 18.7 Å². The summed E-state index contributed by atoms with van der Waals surface area (Å²) in [7, 11) is 0. The molecule has 0 radical (unpaired) electrons. The predicted octanol–water partition coefficient (Wildman–Crippen LogP) is 4.42. The fourth-order valence-corrected chi connectivity index (χ4v) is 3.30. The van der Waals surface area contributed by atoms with Crippen molar-refractivity contribution in [2.24, 2.45) is 0 Å². The molecular weight excluding hydrogens is 302 g/mol. The van der Waals surface area contributed by atoms with Crippen LogP contribution in [0.15, 0.2) is 40.6 Å². The number of halogens is 2. The van der Waals surface area contributed by atoms with Crippen LogP contribution in [-0.4, -0.2) is 11.1 Å². The maximum absolute atomic E-state index is 13.4. The van der Waals surface area contributed by atoms with Crippen LogP contribution in [0.3, 0.4) is 0 Å². The summed E-state index contributed by atoms with van der Waals surface area (Å²) in [6, 6.07) is 5.34. The summed E-state index contributed by atoms with van der Waals surface area (Å²) in [6.45, 7) is 0. The largest absolute Gasteiger partial charge is 0.478 e. The fraction of sp³-hybridized carbons (Fsp3) is 0.0714. The number of rotatable bonds is 5. The molecular formula is C14H10F2O2S2. The van der Waals surface area contributed by atoms with E-state index in [1.165, 1.54) is 41.3 Å². The normalized spacial score (nSPS) is 11.1. The highest BCUT2D eigenvalue weighted by molar-refractivity contribution is 7.98. The number of hydrogen-bond donors (Lipinski definition) is 1. The van der Waals surface area contributed by atoms with Crippen molar-refractivity contribution in [3.63, 3.8) is 0 Å². The second-order valence-corrected chi connectivity index (χ2v) is 5.89. The highest BCUT2D eigenvalue weighted by Crippen LogP contribution is 2.28. The minimum Gasteiger partial charge on any atom is -0.478 e. The molecule has 0 fully saturated rings. The first kappa shape index (κ1) is 14.7. The Labute approximate surface area is 122 Å². The van der Waals surface area contributed by atoms with Crippen LogP contribution in [0.2, 0.25) is 0 Å². The first-order valence-corrected chi connectivity index (χ1v) is 7.47. The molecule has 0 aliphatic heterocycles. The number of benzene rings is 1. The van der Waals surface area contributed by atoms with Gasteiger partial charge in [-0.05, 0) is 35.2 Å². The molecule has 0 atom stereocenters. The van der Waals surface area contributed by atoms with Crippen molar-refractivity contribution in [1.82, 2.24) is 0 Å². The molecule has 6 heteroatoms. The van der Waals surface area contributed by atoms with E-state index in [1.807, 2.05) is 11.4 Å². The van der Waals surface area contributed by atoms with E-state index in [1.54, 1.807) is 0 Å². The second-order valence-electron chi connectivity index (χ2n) is 3.88. The summed E-state index contributed by atoms with van der Waals surface area (Å²) >= 11 is 2.74. The molecule has 1 aromatic carbocycles. The Morgan fingerprint density at radius 3 is 2.85 bits per heavy atom. The molecule has 0 saturated heterocycles. The monoisotopic (exact) mass is 312 g/mol. The van der Waals surface area contributed by atoms with Gasteiger partial charge in [-0.3, -0.25) is 0 Å². The summed E-state index contributed by atoms with van der Waals surface area (Å²) in [6.07, 6.45) is 2.57. The van der Waals surface area contributed by atoms with Gasteiger partial charge in [-0.2, -0.15) is 0 Å². The summed E-state index contributed by atoms with van der Waals surface area (Å²) in [5, 5.41) is 10.4. The zero-order chi connectivity index (χ0) is 14.5. The second kappa shape index (κ2) is 6.67. The van der Waals surface area contributed by atoms with E-state index in [-0.39, 0.29) is 0 Å². The smallest absolute Gasteiger partial charge is 0.328 e. The van der Waals surface area contributed by atoms with Gasteiger partial charge in [0.05, 0.1) is 0 Å². The molecule has 0 bridgehead atoms. The lowest BCUT2D eigenvalue weighted by atomic mass is 10.3. The quantitative estimate of drug-likeness (QED) is 0.656. The first-order chi connectivity index (χ1) is 9.54. The van der Waals surface area contributed by atoms with Crippen molar-refractivity contribution in [2.45, 2.75) is 10.6 Å². The Hall–Kier alpha value is -1.66. The number of aliphatic carboxylic acids is 1. The number of carbonyl (C=O) groups is 1. The summed E-state index contributed by atoms with van der Waals surface area (Å²) in [5.41, 5.74) is 0.799. The van der Waals surface area contributed by atoms with Gasteiger partial charge < -0.3 is 5.11 Å². The molecule has 0 unspecified atom stereocenters. The molecule has 1 N–H and O–H groups in total. The minimum atomic E-state index is -1.000. The van der Waals surface area contributed by atoms with Crippen LogP contribution < -0.4 is 0 Å². The van der Waals surface area contributed by atoms with Crippen molar-refractivity contribution >= 4 is 35.1 Å². The maximum Gasteiger partial charge on any atom is 0.328 e. The molecule has 0 saturated carbocycles. The van der Waals surface area contributed by atoms with Gasteiger partial charge in [0.15, 0.2) is 0 Å². The van der Waals surface area contributed by atoms with E-state index in [2.05, 4.69) is 0 Å². The molecule has 2 rings (SSSR count). The zero-order valence-electron chi connectivity index (χ0n) is 10.2. The highest BCUT2D eigenvalue weighted by Gasteiger charge is 2.06. The number of thiophene rings is 1. The molecule has 0 aliphatic rings. The molecule has 0 aliphatic carbocycles. The van der Waals surface area contributed by atoms with Crippen LogP contribution in [0.5, 0.6) is 0 Å². The van der Waals surface area contributed by atoms with Crippen LogP contribution in [0.4, 0.5) is 8.78 Å². The molecule has 1 heterocycles. The van der Waals surface area contributed by atoms with E-state index in [0.29, 0.717) is 10.6 Å². The van der Waals surface area contributed by atoms with E-state index >= 15 is 0 Å². The van der Waals surface area contributed by atoms with Gasteiger partial charge in [0.1, 0.15) is 11.6 Å². The average molecular weight is 312 g/mol. The van der Waals surface area contributed by atoms with Crippen LogP contribution in [0.25, 0.3) is 6.08 Å².